The van der Waals surface area contributed by atoms with Crippen LogP contribution >= 0.6 is 11.3 Å². The average Bonchev–Trinajstić information content (AvgIpc) is 2.76. The van der Waals surface area contributed by atoms with Crippen LogP contribution in [-0.2, 0) is 6.54 Å². The number of hydrogen-bond donors (Lipinski definition) is 0. The Labute approximate surface area is 103 Å². The van der Waals surface area contributed by atoms with E-state index in [-0.39, 0.29) is 5.43 Å². The molecule has 0 unspecified atom stereocenters. The number of pyridine rings is 1. The van der Waals surface area contributed by atoms with E-state index in [1.54, 1.807) is 23.5 Å². The summed E-state index contributed by atoms with van der Waals surface area (Å²) in [5.41, 5.74) is 1.35. The SMILES string of the molecule is O=c1ccn(Cc2csc3ccccc23)cc1. The summed E-state index contributed by atoms with van der Waals surface area (Å²) in [6.07, 6.45) is 3.66. The maximum Gasteiger partial charge on any atom is 0.181 e. The molecule has 84 valence electrons. The fraction of sp³-hybridized carbons (Fsp3) is 0.0714. The largest absolute Gasteiger partial charge is 0.350 e. The summed E-state index contributed by atoms with van der Waals surface area (Å²) >= 11 is 1.76. The summed E-state index contributed by atoms with van der Waals surface area (Å²) in [5, 5.41) is 3.49. The van der Waals surface area contributed by atoms with Crippen molar-refractivity contribution in [2.75, 3.05) is 0 Å². The number of fused-ring (bicyclic) bond motifs is 1. The van der Waals surface area contributed by atoms with Crippen molar-refractivity contribution in [1.29, 1.82) is 0 Å². The van der Waals surface area contributed by atoms with Gasteiger partial charge in [-0.25, -0.2) is 0 Å². The van der Waals surface area contributed by atoms with Gasteiger partial charge in [-0.1, -0.05) is 18.2 Å². The van der Waals surface area contributed by atoms with E-state index in [0.717, 1.165) is 6.54 Å². The molecule has 2 heterocycles. The molecule has 0 saturated carbocycles. The molecule has 3 aromatic rings. The monoisotopic (exact) mass is 241 g/mol. The minimum absolute atomic E-state index is 0.0522. The molecule has 0 aliphatic carbocycles. The van der Waals surface area contributed by atoms with E-state index in [2.05, 4.69) is 29.6 Å². The van der Waals surface area contributed by atoms with Gasteiger partial charge in [-0.05, 0) is 22.4 Å². The minimum atomic E-state index is 0.0522. The molecule has 0 atom stereocenters. The van der Waals surface area contributed by atoms with Gasteiger partial charge in [0.25, 0.3) is 0 Å². The van der Waals surface area contributed by atoms with Crippen LogP contribution in [0.1, 0.15) is 5.56 Å². The van der Waals surface area contributed by atoms with E-state index in [0.29, 0.717) is 0 Å². The van der Waals surface area contributed by atoms with E-state index in [1.807, 2.05) is 17.0 Å². The van der Waals surface area contributed by atoms with Crippen molar-refractivity contribution < 1.29 is 0 Å². The number of rotatable bonds is 2. The molecular weight excluding hydrogens is 230 g/mol. The second-order valence-electron chi connectivity index (χ2n) is 3.96. The van der Waals surface area contributed by atoms with Crippen molar-refractivity contribution in [1.82, 2.24) is 4.57 Å². The smallest absolute Gasteiger partial charge is 0.181 e. The van der Waals surface area contributed by atoms with Gasteiger partial charge in [-0.15, -0.1) is 11.3 Å². The van der Waals surface area contributed by atoms with Gasteiger partial charge in [0.2, 0.25) is 0 Å². The maximum absolute atomic E-state index is 11.0. The van der Waals surface area contributed by atoms with Crippen molar-refractivity contribution in [2.45, 2.75) is 6.54 Å². The topological polar surface area (TPSA) is 22.0 Å². The highest BCUT2D eigenvalue weighted by molar-refractivity contribution is 7.17. The molecule has 17 heavy (non-hydrogen) atoms. The van der Waals surface area contributed by atoms with Gasteiger partial charge in [0.1, 0.15) is 0 Å². The molecule has 3 rings (SSSR count). The lowest BCUT2D eigenvalue weighted by Crippen LogP contribution is -2.04. The minimum Gasteiger partial charge on any atom is -0.350 e. The van der Waals surface area contributed by atoms with Crippen LogP contribution < -0.4 is 5.43 Å². The Balaban J connectivity index is 2.00. The van der Waals surface area contributed by atoms with Crippen molar-refractivity contribution >= 4 is 21.4 Å². The van der Waals surface area contributed by atoms with Gasteiger partial charge >= 0.3 is 0 Å². The summed E-state index contributed by atoms with van der Waals surface area (Å²) in [7, 11) is 0. The zero-order valence-corrected chi connectivity index (χ0v) is 9.98. The van der Waals surface area contributed by atoms with Crippen LogP contribution in [0.3, 0.4) is 0 Å². The molecule has 0 amide bonds. The molecule has 0 fully saturated rings. The molecule has 3 heteroatoms. The lowest BCUT2D eigenvalue weighted by molar-refractivity contribution is 0.796. The molecule has 2 nitrogen and oxygen atoms in total. The van der Waals surface area contributed by atoms with Crippen LogP contribution in [0.2, 0.25) is 0 Å². The molecule has 0 spiro atoms. The molecule has 0 aliphatic heterocycles. The van der Waals surface area contributed by atoms with Crippen LogP contribution in [0.15, 0.2) is 59.0 Å². The average molecular weight is 241 g/mol. The third-order valence-electron chi connectivity index (χ3n) is 2.77. The first kappa shape index (κ1) is 10.3. The van der Waals surface area contributed by atoms with Crippen LogP contribution in [0.4, 0.5) is 0 Å². The molecule has 0 saturated heterocycles. The lowest BCUT2D eigenvalue weighted by Gasteiger charge is -2.04. The van der Waals surface area contributed by atoms with Gasteiger partial charge in [-0.2, -0.15) is 0 Å². The second-order valence-corrected chi connectivity index (χ2v) is 4.87. The summed E-state index contributed by atoms with van der Waals surface area (Å²) in [4.78, 5) is 11.0. The number of aromatic nitrogens is 1. The van der Waals surface area contributed by atoms with Crippen molar-refractivity contribution in [3.8, 4) is 0 Å². The lowest BCUT2D eigenvalue weighted by atomic mass is 10.2. The highest BCUT2D eigenvalue weighted by atomic mass is 32.1. The maximum atomic E-state index is 11.0. The van der Waals surface area contributed by atoms with E-state index in [4.69, 9.17) is 0 Å². The van der Waals surface area contributed by atoms with Crippen LogP contribution in [-0.4, -0.2) is 4.57 Å². The van der Waals surface area contributed by atoms with Crippen molar-refractivity contribution in [3.63, 3.8) is 0 Å². The molecule has 0 radical (unpaired) electrons. The van der Waals surface area contributed by atoms with E-state index >= 15 is 0 Å². The van der Waals surface area contributed by atoms with Crippen LogP contribution in [0, 0.1) is 0 Å². The van der Waals surface area contributed by atoms with Crippen LogP contribution in [0.25, 0.3) is 10.1 Å². The highest BCUT2D eigenvalue weighted by Gasteiger charge is 2.02. The number of benzene rings is 1. The summed E-state index contributed by atoms with van der Waals surface area (Å²) < 4.78 is 3.33. The van der Waals surface area contributed by atoms with E-state index in [1.165, 1.54) is 15.6 Å². The highest BCUT2D eigenvalue weighted by Crippen LogP contribution is 2.25. The van der Waals surface area contributed by atoms with E-state index in [9.17, 15) is 4.79 Å². The first-order chi connectivity index (χ1) is 8.33. The summed E-state index contributed by atoms with van der Waals surface area (Å²) in [6, 6.07) is 11.6. The van der Waals surface area contributed by atoms with Gasteiger partial charge in [0.05, 0.1) is 0 Å². The first-order valence-electron chi connectivity index (χ1n) is 5.44. The molecule has 0 bridgehead atoms. The van der Waals surface area contributed by atoms with Gasteiger partial charge < -0.3 is 4.57 Å². The Hall–Kier alpha value is -1.87. The zero-order chi connectivity index (χ0) is 11.7. The summed E-state index contributed by atoms with van der Waals surface area (Å²) in [6.45, 7) is 0.810. The quantitative estimate of drug-likeness (QED) is 0.675. The van der Waals surface area contributed by atoms with Gasteiger partial charge in [0, 0.05) is 35.8 Å². The fourth-order valence-corrected chi connectivity index (χ4v) is 2.85. The standard InChI is InChI=1S/C14H11NOS/c16-12-5-7-15(8-6-12)9-11-10-17-14-4-2-1-3-13(11)14/h1-8,10H,9H2. The normalized spacial score (nSPS) is 10.8. The second kappa shape index (κ2) is 4.18. The molecule has 0 aliphatic rings. The number of thiophene rings is 1. The Morgan fingerprint density at radius 1 is 1.06 bits per heavy atom. The first-order valence-corrected chi connectivity index (χ1v) is 6.32. The van der Waals surface area contributed by atoms with Gasteiger partial charge in [0.15, 0.2) is 5.43 Å². The van der Waals surface area contributed by atoms with Crippen molar-refractivity contribution in [2.24, 2.45) is 0 Å². The third kappa shape index (κ3) is 2.01. The van der Waals surface area contributed by atoms with Crippen molar-refractivity contribution in [3.05, 3.63) is 70.0 Å². The number of nitrogens with zero attached hydrogens (tertiary/aromatic N) is 1. The van der Waals surface area contributed by atoms with Gasteiger partial charge in [-0.3, -0.25) is 4.79 Å². The van der Waals surface area contributed by atoms with Crippen LogP contribution in [0.5, 0.6) is 0 Å². The third-order valence-corrected chi connectivity index (χ3v) is 3.79. The predicted octanol–water partition coefficient (Wildman–Crippen LogP) is 3.11. The Bertz CT molecular complexity index is 691. The predicted molar refractivity (Wildman–Crippen MR) is 71.6 cm³/mol. The number of hydrogen-bond acceptors (Lipinski definition) is 2. The fourth-order valence-electron chi connectivity index (χ4n) is 1.90. The molecule has 0 N–H and O–H groups in total. The molecule has 2 aromatic heterocycles. The van der Waals surface area contributed by atoms with E-state index < -0.39 is 0 Å². The zero-order valence-electron chi connectivity index (χ0n) is 9.17. The Morgan fingerprint density at radius 2 is 1.82 bits per heavy atom. The molecule has 1 aromatic carbocycles. The molecular formula is C14H11NOS. The Kier molecular flexibility index (Phi) is 2.53. The summed E-state index contributed by atoms with van der Waals surface area (Å²) in [5.74, 6) is 0. The Morgan fingerprint density at radius 3 is 2.65 bits per heavy atom.